The third kappa shape index (κ3) is 3.37. The number of nitrogens with zero attached hydrogens (tertiary/aromatic N) is 1. The molecule has 0 saturated carbocycles. The molecule has 1 aliphatic rings. The van der Waals surface area contributed by atoms with E-state index in [0.717, 1.165) is 18.0 Å². The van der Waals surface area contributed by atoms with E-state index in [9.17, 15) is 0 Å². The molecule has 1 N–H and O–H groups in total. The van der Waals surface area contributed by atoms with Gasteiger partial charge >= 0.3 is 0 Å². The van der Waals surface area contributed by atoms with Crippen LogP contribution in [0.15, 0.2) is 18.2 Å². The van der Waals surface area contributed by atoms with Gasteiger partial charge in [0, 0.05) is 30.1 Å². The molecule has 1 saturated heterocycles. The molecule has 2 unspecified atom stereocenters. The molecule has 1 aromatic rings. The second-order valence-corrected chi connectivity index (χ2v) is 6.34. The van der Waals surface area contributed by atoms with Gasteiger partial charge < -0.3 is 10.1 Å². The predicted molar refractivity (Wildman–Crippen MR) is 83.5 cm³/mol. The maximum absolute atomic E-state index is 6.10. The van der Waals surface area contributed by atoms with Crippen molar-refractivity contribution in [1.82, 2.24) is 10.2 Å². The van der Waals surface area contributed by atoms with Crippen LogP contribution in [-0.2, 0) is 0 Å². The summed E-state index contributed by atoms with van der Waals surface area (Å²) in [6, 6.07) is 6.82. The van der Waals surface area contributed by atoms with Crippen molar-refractivity contribution >= 4 is 23.4 Å². The van der Waals surface area contributed by atoms with E-state index in [1.807, 2.05) is 30.9 Å². The zero-order valence-electron chi connectivity index (χ0n) is 11.6. The van der Waals surface area contributed by atoms with Crippen LogP contribution < -0.4 is 10.1 Å². The molecule has 1 heterocycles. The van der Waals surface area contributed by atoms with Gasteiger partial charge in [-0.25, -0.2) is 0 Å². The molecule has 0 amide bonds. The lowest BCUT2D eigenvalue weighted by atomic mass is 9.99. The highest BCUT2D eigenvalue weighted by Gasteiger charge is 2.28. The van der Waals surface area contributed by atoms with E-state index in [0.29, 0.717) is 17.1 Å². The standard InChI is InChI=1S/C14H21ClN2OS/c1-16-14(12-9-19-7-6-17(12)2)10-4-5-11(15)13(8-10)18-3/h4-5,8,12,14,16H,6-7,9H2,1-3H3. The third-order valence-electron chi connectivity index (χ3n) is 3.67. The molecule has 1 aromatic carbocycles. The highest BCUT2D eigenvalue weighted by Crippen LogP contribution is 2.31. The fraction of sp³-hybridized carbons (Fsp3) is 0.571. The fourth-order valence-corrected chi connectivity index (χ4v) is 3.97. The second kappa shape index (κ2) is 6.84. The Balaban J connectivity index is 2.25. The first-order valence-corrected chi connectivity index (χ1v) is 7.99. The maximum atomic E-state index is 6.10. The molecule has 3 nitrogen and oxygen atoms in total. The summed E-state index contributed by atoms with van der Waals surface area (Å²) in [5.74, 6) is 3.10. The predicted octanol–water partition coefficient (Wildman–Crippen LogP) is 2.66. The Hall–Kier alpha value is -0.420. The van der Waals surface area contributed by atoms with Gasteiger partial charge in [-0.15, -0.1) is 0 Å². The van der Waals surface area contributed by atoms with Crippen molar-refractivity contribution in [1.29, 1.82) is 0 Å². The quantitative estimate of drug-likeness (QED) is 0.924. The Kier molecular flexibility index (Phi) is 5.39. The zero-order valence-corrected chi connectivity index (χ0v) is 13.2. The van der Waals surface area contributed by atoms with Crippen molar-refractivity contribution in [2.75, 3.05) is 39.3 Å². The van der Waals surface area contributed by atoms with Crippen LogP contribution in [0, 0.1) is 0 Å². The Labute approximate surface area is 124 Å². The van der Waals surface area contributed by atoms with E-state index in [-0.39, 0.29) is 0 Å². The number of likely N-dealkylation sites (N-methyl/N-ethyl adjacent to an activating group) is 2. The summed E-state index contributed by atoms with van der Waals surface area (Å²) >= 11 is 8.12. The van der Waals surface area contributed by atoms with Crippen molar-refractivity contribution in [2.24, 2.45) is 0 Å². The van der Waals surface area contributed by atoms with Gasteiger partial charge in [-0.05, 0) is 31.8 Å². The normalized spacial score (nSPS) is 22.2. The molecule has 2 atom stereocenters. The molecular weight excluding hydrogens is 280 g/mol. The minimum atomic E-state index is 0.295. The molecule has 1 aliphatic heterocycles. The van der Waals surface area contributed by atoms with E-state index in [1.54, 1.807) is 7.11 Å². The molecule has 5 heteroatoms. The first-order valence-electron chi connectivity index (χ1n) is 6.46. The number of benzene rings is 1. The lowest BCUT2D eigenvalue weighted by molar-refractivity contribution is 0.221. The van der Waals surface area contributed by atoms with Crippen molar-refractivity contribution in [2.45, 2.75) is 12.1 Å². The first kappa shape index (κ1) is 15.0. The van der Waals surface area contributed by atoms with E-state index in [1.165, 1.54) is 11.3 Å². The number of ether oxygens (including phenoxy) is 1. The Morgan fingerprint density at radius 3 is 2.95 bits per heavy atom. The van der Waals surface area contributed by atoms with E-state index >= 15 is 0 Å². The van der Waals surface area contributed by atoms with Crippen molar-refractivity contribution in [3.8, 4) is 5.75 Å². The summed E-state index contributed by atoms with van der Waals surface area (Å²) < 4.78 is 5.32. The summed E-state index contributed by atoms with van der Waals surface area (Å²) in [5.41, 5.74) is 1.23. The van der Waals surface area contributed by atoms with Crippen LogP contribution in [-0.4, -0.2) is 50.2 Å². The number of rotatable bonds is 4. The van der Waals surface area contributed by atoms with Gasteiger partial charge in [0.05, 0.1) is 12.1 Å². The maximum Gasteiger partial charge on any atom is 0.137 e. The van der Waals surface area contributed by atoms with Crippen LogP contribution in [0.5, 0.6) is 5.75 Å². The molecule has 0 radical (unpaired) electrons. The molecule has 0 aromatic heterocycles. The van der Waals surface area contributed by atoms with E-state index in [2.05, 4.69) is 23.3 Å². The summed E-state index contributed by atoms with van der Waals surface area (Å²) in [6.45, 7) is 1.14. The molecule has 0 aliphatic carbocycles. The summed E-state index contributed by atoms with van der Waals surface area (Å²) in [5, 5.41) is 4.10. The van der Waals surface area contributed by atoms with Crippen LogP contribution in [0.2, 0.25) is 5.02 Å². The van der Waals surface area contributed by atoms with Crippen molar-refractivity contribution < 1.29 is 4.74 Å². The van der Waals surface area contributed by atoms with Crippen molar-refractivity contribution in [3.63, 3.8) is 0 Å². The molecule has 0 bridgehead atoms. The highest BCUT2D eigenvalue weighted by atomic mass is 35.5. The Morgan fingerprint density at radius 2 is 2.32 bits per heavy atom. The smallest absolute Gasteiger partial charge is 0.137 e. The van der Waals surface area contributed by atoms with Crippen LogP contribution in [0.4, 0.5) is 0 Å². The minimum absolute atomic E-state index is 0.295. The van der Waals surface area contributed by atoms with Gasteiger partial charge in [0.1, 0.15) is 5.75 Å². The molecule has 19 heavy (non-hydrogen) atoms. The highest BCUT2D eigenvalue weighted by molar-refractivity contribution is 7.99. The van der Waals surface area contributed by atoms with Gasteiger partial charge in [-0.1, -0.05) is 17.7 Å². The SMILES string of the molecule is CNC(c1ccc(Cl)c(OC)c1)C1CSCCN1C. The molecule has 0 spiro atoms. The third-order valence-corrected chi connectivity index (χ3v) is 5.03. The van der Waals surface area contributed by atoms with Gasteiger partial charge in [-0.3, -0.25) is 4.90 Å². The average Bonchev–Trinajstić information content (AvgIpc) is 2.43. The fourth-order valence-electron chi connectivity index (χ4n) is 2.51. The first-order chi connectivity index (χ1) is 9.17. The lowest BCUT2D eigenvalue weighted by Gasteiger charge is -2.38. The summed E-state index contributed by atoms with van der Waals surface area (Å²) in [4.78, 5) is 2.43. The number of thioether (sulfide) groups is 1. The molecule has 1 fully saturated rings. The number of methoxy groups -OCH3 is 1. The van der Waals surface area contributed by atoms with Crippen LogP contribution >= 0.6 is 23.4 Å². The topological polar surface area (TPSA) is 24.5 Å². The van der Waals surface area contributed by atoms with Gasteiger partial charge in [0.15, 0.2) is 0 Å². The van der Waals surface area contributed by atoms with Gasteiger partial charge in [0.25, 0.3) is 0 Å². The Morgan fingerprint density at radius 1 is 1.53 bits per heavy atom. The molecule has 2 rings (SSSR count). The lowest BCUT2D eigenvalue weighted by Crippen LogP contribution is -2.47. The second-order valence-electron chi connectivity index (χ2n) is 4.78. The van der Waals surface area contributed by atoms with E-state index in [4.69, 9.17) is 16.3 Å². The minimum Gasteiger partial charge on any atom is -0.495 e. The zero-order chi connectivity index (χ0) is 13.8. The number of hydrogen-bond donors (Lipinski definition) is 1. The Bertz CT molecular complexity index is 430. The van der Waals surface area contributed by atoms with Crippen LogP contribution in [0.25, 0.3) is 0 Å². The summed E-state index contributed by atoms with van der Waals surface area (Å²) in [7, 11) is 5.86. The summed E-state index contributed by atoms with van der Waals surface area (Å²) in [6.07, 6.45) is 0. The largest absolute Gasteiger partial charge is 0.495 e. The average molecular weight is 301 g/mol. The monoisotopic (exact) mass is 300 g/mol. The van der Waals surface area contributed by atoms with Gasteiger partial charge in [-0.2, -0.15) is 11.8 Å². The van der Waals surface area contributed by atoms with Crippen LogP contribution in [0.1, 0.15) is 11.6 Å². The molecular formula is C14H21ClN2OS. The molecule has 106 valence electrons. The van der Waals surface area contributed by atoms with Crippen molar-refractivity contribution in [3.05, 3.63) is 28.8 Å². The van der Waals surface area contributed by atoms with E-state index < -0.39 is 0 Å². The number of halogens is 1. The number of nitrogens with one attached hydrogen (secondary N) is 1. The van der Waals surface area contributed by atoms with Crippen LogP contribution in [0.3, 0.4) is 0 Å². The van der Waals surface area contributed by atoms with Gasteiger partial charge in [0.2, 0.25) is 0 Å². The number of hydrogen-bond acceptors (Lipinski definition) is 4.